The summed E-state index contributed by atoms with van der Waals surface area (Å²) in [6.07, 6.45) is -11.2. The molecule has 1 atom stereocenters. The molecule has 12 heavy (non-hydrogen) atoms. The zero-order valence-corrected chi connectivity index (χ0v) is 5.97. The summed E-state index contributed by atoms with van der Waals surface area (Å²) >= 11 is 0. The molecule has 0 aliphatic rings. The van der Waals surface area contributed by atoms with Crippen molar-refractivity contribution < 1.29 is 26.3 Å². The second kappa shape index (κ2) is 3.53. The predicted molar refractivity (Wildman–Crippen MR) is 30.5 cm³/mol. The van der Waals surface area contributed by atoms with Crippen molar-refractivity contribution in [2.24, 2.45) is 0 Å². The second-order valence-electron chi connectivity index (χ2n) is 2.27. The predicted octanol–water partition coefficient (Wildman–Crippen LogP) is 3.14. The molecule has 0 saturated heterocycles. The van der Waals surface area contributed by atoms with Crippen LogP contribution in [0.25, 0.3) is 0 Å². The lowest BCUT2D eigenvalue weighted by atomic mass is 10.1. The smallest absolute Gasteiger partial charge is 0.231 e. The van der Waals surface area contributed by atoms with E-state index in [2.05, 4.69) is 6.92 Å². The fourth-order valence-corrected chi connectivity index (χ4v) is 0.602. The molecule has 0 fully saturated rings. The highest BCUT2D eigenvalue weighted by atomic mass is 19.4. The van der Waals surface area contributed by atoms with E-state index in [1.54, 1.807) is 0 Å². The van der Waals surface area contributed by atoms with Crippen LogP contribution in [0.15, 0.2) is 0 Å². The van der Waals surface area contributed by atoms with Gasteiger partial charge < -0.3 is 0 Å². The molecule has 0 N–H and O–H groups in total. The Bertz CT molecular complexity index is 137. The largest absolute Gasteiger partial charge is 0.425 e. The van der Waals surface area contributed by atoms with Crippen molar-refractivity contribution in [2.75, 3.05) is 0 Å². The van der Waals surface area contributed by atoms with E-state index in [1.807, 2.05) is 0 Å². The van der Waals surface area contributed by atoms with E-state index in [0.29, 0.717) is 0 Å². The molecule has 0 aromatic heterocycles. The number of halogens is 6. The molecule has 73 valence electrons. The molecule has 0 saturated carbocycles. The summed E-state index contributed by atoms with van der Waals surface area (Å²) in [7, 11) is 0. The molecule has 0 aliphatic carbocycles. The number of hydrogen-bond acceptors (Lipinski definition) is 0. The van der Waals surface area contributed by atoms with Crippen LogP contribution in [0.2, 0.25) is 0 Å². The Hall–Kier alpha value is -0.420. The number of alkyl halides is 6. The molecule has 0 aromatic rings. The minimum atomic E-state index is -5.50. The van der Waals surface area contributed by atoms with Crippen molar-refractivity contribution in [1.29, 1.82) is 0 Å². The lowest BCUT2D eigenvalue weighted by Gasteiger charge is -2.21. The van der Waals surface area contributed by atoms with Gasteiger partial charge in [-0.3, -0.25) is 0 Å². The zero-order valence-electron chi connectivity index (χ0n) is 5.97. The monoisotopic (exact) mass is 193 g/mol. The Balaban J connectivity index is 4.34. The van der Waals surface area contributed by atoms with E-state index in [1.165, 1.54) is 0 Å². The molecule has 1 radical (unpaired) electrons. The Morgan fingerprint density at radius 2 is 1.50 bits per heavy atom. The third kappa shape index (κ3) is 2.91. The molecule has 6 heteroatoms. The average molecular weight is 193 g/mol. The van der Waals surface area contributed by atoms with E-state index in [4.69, 9.17) is 0 Å². The van der Waals surface area contributed by atoms with Crippen LogP contribution in [0.1, 0.15) is 12.8 Å². The molecule has 0 heterocycles. The van der Waals surface area contributed by atoms with Crippen molar-refractivity contribution in [1.82, 2.24) is 0 Å². The maximum atomic E-state index is 12.2. The van der Waals surface area contributed by atoms with Crippen LogP contribution in [0.3, 0.4) is 0 Å². The number of hydrogen-bond donors (Lipinski definition) is 0. The summed E-state index contributed by atoms with van der Waals surface area (Å²) in [5, 5.41) is 0. The maximum absolute atomic E-state index is 12.2. The van der Waals surface area contributed by atoms with E-state index in [-0.39, 0.29) is 0 Å². The van der Waals surface area contributed by atoms with Crippen LogP contribution < -0.4 is 0 Å². The molecule has 0 bridgehead atoms. The van der Waals surface area contributed by atoms with E-state index in [0.717, 1.165) is 0 Å². The normalized spacial score (nSPS) is 16.2. The SMILES string of the molecule is [CH2]CCC(F)(F)[C@H](F)C(F)(F)F. The third-order valence-corrected chi connectivity index (χ3v) is 1.17. The van der Waals surface area contributed by atoms with E-state index >= 15 is 0 Å². The summed E-state index contributed by atoms with van der Waals surface area (Å²) in [5.41, 5.74) is 0. The van der Waals surface area contributed by atoms with Gasteiger partial charge in [0, 0.05) is 6.42 Å². The fourth-order valence-electron chi connectivity index (χ4n) is 0.602. The summed E-state index contributed by atoms with van der Waals surface area (Å²) in [6.45, 7) is 2.92. The van der Waals surface area contributed by atoms with E-state index < -0.39 is 31.1 Å². The lowest BCUT2D eigenvalue weighted by Crippen LogP contribution is -2.41. The molecule has 0 nitrogen and oxygen atoms in total. The summed E-state index contributed by atoms with van der Waals surface area (Å²) < 4.78 is 70.5. The van der Waals surface area contributed by atoms with Gasteiger partial charge in [0.2, 0.25) is 0 Å². The number of rotatable bonds is 3. The molecular weight excluding hydrogens is 186 g/mol. The van der Waals surface area contributed by atoms with Crippen LogP contribution >= 0.6 is 0 Å². The second-order valence-corrected chi connectivity index (χ2v) is 2.27. The van der Waals surface area contributed by atoms with Gasteiger partial charge in [0.05, 0.1) is 0 Å². The molecule has 0 unspecified atom stereocenters. The van der Waals surface area contributed by atoms with Crippen LogP contribution in [0.4, 0.5) is 26.3 Å². The topological polar surface area (TPSA) is 0 Å². The zero-order chi connectivity index (χ0) is 9.99. The fraction of sp³-hybridized carbons (Fsp3) is 0.833. The first-order valence-corrected chi connectivity index (χ1v) is 3.09. The van der Waals surface area contributed by atoms with Crippen molar-refractivity contribution in [3.63, 3.8) is 0 Å². The molecule has 0 rings (SSSR count). The average Bonchev–Trinajstić information content (AvgIpc) is 1.84. The molecule has 0 amide bonds. The summed E-state index contributed by atoms with van der Waals surface area (Å²) in [6, 6.07) is 0. The first kappa shape index (κ1) is 11.6. The van der Waals surface area contributed by atoms with Gasteiger partial charge in [-0.15, -0.1) is 0 Å². The molecule has 0 spiro atoms. The Morgan fingerprint density at radius 3 is 1.75 bits per heavy atom. The summed E-state index contributed by atoms with van der Waals surface area (Å²) in [5.74, 6) is -4.36. The first-order valence-electron chi connectivity index (χ1n) is 3.09. The summed E-state index contributed by atoms with van der Waals surface area (Å²) in [4.78, 5) is 0. The molecule has 0 aliphatic heterocycles. The van der Waals surface area contributed by atoms with Gasteiger partial charge in [0.25, 0.3) is 12.1 Å². The van der Waals surface area contributed by atoms with Crippen molar-refractivity contribution >= 4 is 0 Å². The van der Waals surface area contributed by atoms with E-state index in [9.17, 15) is 26.3 Å². The van der Waals surface area contributed by atoms with Gasteiger partial charge in [-0.2, -0.15) is 13.2 Å². The van der Waals surface area contributed by atoms with Gasteiger partial charge in [-0.05, 0) is 6.42 Å². The Morgan fingerprint density at radius 1 is 1.08 bits per heavy atom. The highest BCUT2D eigenvalue weighted by Gasteiger charge is 2.55. The van der Waals surface area contributed by atoms with Crippen molar-refractivity contribution in [3.8, 4) is 0 Å². The Labute approximate surface area is 65.6 Å². The quantitative estimate of drug-likeness (QED) is 0.604. The lowest BCUT2D eigenvalue weighted by molar-refractivity contribution is -0.245. The van der Waals surface area contributed by atoms with Gasteiger partial charge >= 0.3 is 6.18 Å². The van der Waals surface area contributed by atoms with Crippen LogP contribution in [0.5, 0.6) is 0 Å². The van der Waals surface area contributed by atoms with Crippen molar-refractivity contribution in [3.05, 3.63) is 6.92 Å². The van der Waals surface area contributed by atoms with Crippen LogP contribution in [0, 0.1) is 6.92 Å². The van der Waals surface area contributed by atoms with Gasteiger partial charge in [-0.1, -0.05) is 6.92 Å². The first-order chi connectivity index (χ1) is 5.22. The minimum Gasteiger partial charge on any atom is -0.231 e. The molecular formula is C6H7F6. The van der Waals surface area contributed by atoms with Gasteiger partial charge in [0.15, 0.2) is 0 Å². The third-order valence-electron chi connectivity index (χ3n) is 1.17. The highest BCUT2D eigenvalue weighted by molar-refractivity contribution is 4.82. The van der Waals surface area contributed by atoms with Gasteiger partial charge in [-0.25, -0.2) is 13.2 Å². The van der Waals surface area contributed by atoms with Crippen molar-refractivity contribution in [2.45, 2.75) is 31.1 Å². The Kier molecular flexibility index (Phi) is 3.41. The van der Waals surface area contributed by atoms with Crippen LogP contribution in [-0.4, -0.2) is 18.3 Å². The van der Waals surface area contributed by atoms with Crippen LogP contribution in [-0.2, 0) is 0 Å². The minimum absolute atomic E-state index is 0.441. The molecule has 0 aromatic carbocycles. The maximum Gasteiger partial charge on any atom is 0.425 e. The standard InChI is InChI=1S/C6H7F6/c1-2-3-5(8,9)4(7)6(10,11)12/h4H,1-3H2/t4-/m0/s1. The van der Waals surface area contributed by atoms with Gasteiger partial charge in [0.1, 0.15) is 0 Å². The highest BCUT2D eigenvalue weighted by Crippen LogP contribution is 2.37.